The van der Waals surface area contributed by atoms with Crippen LogP contribution in [0.1, 0.15) is 5.56 Å². The number of oxime groups is 1. The molecule has 4 rings (SSSR count). The third-order valence-corrected chi connectivity index (χ3v) is 5.10. The van der Waals surface area contributed by atoms with E-state index in [1.807, 2.05) is 60.0 Å². The van der Waals surface area contributed by atoms with Crippen LogP contribution in [0.4, 0.5) is 4.39 Å². The lowest BCUT2D eigenvalue weighted by Crippen LogP contribution is -1.90. The number of benzene rings is 3. The highest BCUT2D eigenvalue weighted by Crippen LogP contribution is 2.31. The lowest BCUT2D eigenvalue weighted by molar-refractivity contribution is 0.321. The normalized spacial score (nSPS) is 11.1. The largest absolute Gasteiger partial charge is 0.411 e. The highest BCUT2D eigenvalue weighted by atomic mass is 32.1. The monoisotopic (exact) mass is 374 g/mol. The molecular weight excluding hydrogens is 359 g/mol. The molecular formula is C22H15FN2OS. The van der Waals surface area contributed by atoms with E-state index in [4.69, 9.17) is 10.2 Å². The maximum absolute atomic E-state index is 13.8. The molecule has 0 spiro atoms. The van der Waals surface area contributed by atoms with E-state index in [0.29, 0.717) is 0 Å². The number of thiazole rings is 1. The molecule has 0 radical (unpaired) electrons. The summed E-state index contributed by atoms with van der Waals surface area (Å²) in [6.07, 6.45) is 1.09. The molecule has 0 aliphatic rings. The van der Waals surface area contributed by atoms with Crippen molar-refractivity contribution in [3.05, 3.63) is 89.6 Å². The fourth-order valence-electron chi connectivity index (χ4n) is 2.86. The number of halogens is 1. The Bertz CT molecular complexity index is 1110. The van der Waals surface area contributed by atoms with Gasteiger partial charge in [0.2, 0.25) is 0 Å². The first kappa shape index (κ1) is 17.1. The molecule has 0 fully saturated rings. The minimum Gasteiger partial charge on any atom is -0.411 e. The quantitative estimate of drug-likeness (QED) is 0.267. The van der Waals surface area contributed by atoms with E-state index in [1.54, 1.807) is 23.5 Å². The maximum Gasteiger partial charge on any atom is 0.132 e. The van der Waals surface area contributed by atoms with Crippen molar-refractivity contribution >= 4 is 17.6 Å². The molecule has 27 heavy (non-hydrogen) atoms. The Morgan fingerprint density at radius 2 is 1.59 bits per heavy atom. The molecule has 0 amide bonds. The van der Waals surface area contributed by atoms with Crippen LogP contribution in [0.2, 0.25) is 0 Å². The minimum absolute atomic E-state index is 0.237. The summed E-state index contributed by atoms with van der Waals surface area (Å²) in [7, 11) is 0. The van der Waals surface area contributed by atoms with Gasteiger partial charge in [-0.2, -0.15) is 0 Å². The van der Waals surface area contributed by atoms with Crippen LogP contribution in [0.25, 0.3) is 33.0 Å². The molecule has 0 aliphatic carbocycles. The molecule has 1 N–H and O–H groups in total. The first-order valence-corrected chi connectivity index (χ1v) is 9.21. The lowest BCUT2D eigenvalue weighted by atomic mass is 10.0. The summed E-state index contributed by atoms with van der Waals surface area (Å²) in [5.74, 6) is -0.431. The Balaban J connectivity index is 1.70. The fourth-order valence-corrected chi connectivity index (χ4v) is 3.70. The van der Waals surface area contributed by atoms with Gasteiger partial charge in [0, 0.05) is 22.1 Å². The van der Waals surface area contributed by atoms with Crippen molar-refractivity contribution in [2.24, 2.45) is 5.16 Å². The van der Waals surface area contributed by atoms with Gasteiger partial charge in [-0.1, -0.05) is 59.8 Å². The summed E-state index contributed by atoms with van der Waals surface area (Å²) in [5.41, 5.74) is 5.01. The van der Waals surface area contributed by atoms with E-state index in [2.05, 4.69) is 5.16 Å². The second kappa shape index (κ2) is 7.51. The number of nitrogens with zero attached hydrogens (tertiary/aromatic N) is 2. The zero-order valence-electron chi connectivity index (χ0n) is 14.2. The van der Waals surface area contributed by atoms with Gasteiger partial charge in [-0.25, -0.2) is 9.37 Å². The molecule has 132 valence electrons. The molecule has 0 bridgehead atoms. The van der Waals surface area contributed by atoms with Crippen LogP contribution in [0, 0.1) is 5.82 Å². The summed E-state index contributed by atoms with van der Waals surface area (Å²) in [5, 5.41) is 14.6. The first-order valence-electron chi connectivity index (χ1n) is 8.33. The summed E-state index contributed by atoms with van der Waals surface area (Å²) < 4.78 is 13.8. The second-order valence-corrected chi connectivity index (χ2v) is 6.82. The van der Waals surface area contributed by atoms with Gasteiger partial charge in [0.1, 0.15) is 10.8 Å². The van der Waals surface area contributed by atoms with Gasteiger partial charge in [-0.3, -0.25) is 0 Å². The van der Waals surface area contributed by atoms with Gasteiger partial charge in [0.25, 0.3) is 0 Å². The van der Waals surface area contributed by atoms with Crippen LogP contribution in [0.5, 0.6) is 0 Å². The highest BCUT2D eigenvalue weighted by Gasteiger charge is 2.09. The molecule has 0 saturated carbocycles. The molecule has 0 unspecified atom stereocenters. The molecule has 1 aromatic heterocycles. The Labute approximate surface area is 160 Å². The molecule has 3 nitrogen and oxygen atoms in total. The molecule has 4 aromatic rings. The van der Waals surface area contributed by atoms with E-state index >= 15 is 0 Å². The molecule has 1 heterocycles. The van der Waals surface area contributed by atoms with Gasteiger partial charge in [0.05, 0.1) is 11.9 Å². The lowest BCUT2D eigenvalue weighted by Gasteiger charge is -2.06. The van der Waals surface area contributed by atoms with Crippen LogP contribution >= 0.6 is 11.3 Å². The zero-order valence-corrected chi connectivity index (χ0v) is 15.0. The maximum atomic E-state index is 13.8. The summed E-state index contributed by atoms with van der Waals surface area (Å²) >= 11 is 1.60. The third kappa shape index (κ3) is 3.64. The van der Waals surface area contributed by atoms with Crippen LogP contribution in [0.3, 0.4) is 0 Å². The average molecular weight is 374 g/mol. The van der Waals surface area contributed by atoms with Crippen molar-refractivity contribution < 1.29 is 9.60 Å². The van der Waals surface area contributed by atoms with Crippen LogP contribution < -0.4 is 0 Å². The van der Waals surface area contributed by atoms with E-state index in [-0.39, 0.29) is 5.56 Å². The molecule has 3 aromatic carbocycles. The standard InChI is InChI=1S/C22H15FN2OS/c23-20-10-9-17(12-19(20)13-24-26)16-7-4-8-18(11-16)21-14-27-22(25-21)15-5-2-1-3-6-15/h1-14,26H. The van der Waals surface area contributed by atoms with Crippen molar-refractivity contribution in [3.8, 4) is 33.0 Å². The molecule has 0 atom stereocenters. The summed E-state index contributed by atoms with van der Waals surface area (Å²) in [4.78, 5) is 4.75. The molecule has 0 saturated heterocycles. The van der Waals surface area contributed by atoms with Gasteiger partial charge >= 0.3 is 0 Å². The van der Waals surface area contributed by atoms with Crippen molar-refractivity contribution in [1.29, 1.82) is 0 Å². The highest BCUT2D eigenvalue weighted by molar-refractivity contribution is 7.13. The fraction of sp³-hybridized carbons (Fsp3) is 0. The van der Waals surface area contributed by atoms with Crippen LogP contribution in [0.15, 0.2) is 83.3 Å². The van der Waals surface area contributed by atoms with Gasteiger partial charge < -0.3 is 5.21 Å². The van der Waals surface area contributed by atoms with E-state index < -0.39 is 5.82 Å². The third-order valence-electron chi connectivity index (χ3n) is 4.21. The second-order valence-electron chi connectivity index (χ2n) is 5.97. The number of hydrogen-bond acceptors (Lipinski definition) is 4. The Morgan fingerprint density at radius 3 is 2.41 bits per heavy atom. The predicted octanol–water partition coefficient (Wildman–Crippen LogP) is 6.09. The van der Waals surface area contributed by atoms with E-state index in [9.17, 15) is 4.39 Å². The zero-order chi connectivity index (χ0) is 18.6. The van der Waals surface area contributed by atoms with Gasteiger partial charge in [0.15, 0.2) is 0 Å². The average Bonchev–Trinajstić information content (AvgIpc) is 3.21. The van der Waals surface area contributed by atoms with E-state index in [0.717, 1.165) is 39.2 Å². The Hall–Kier alpha value is -3.31. The van der Waals surface area contributed by atoms with Crippen molar-refractivity contribution in [2.45, 2.75) is 0 Å². The Morgan fingerprint density at radius 1 is 0.852 bits per heavy atom. The number of rotatable bonds is 4. The SMILES string of the molecule is ON=Cc1cc(-c2cccc(-c3csc(-c4ccccc4)n3)c2)ccc1F. The van der Waals surface area contributed by atoms with Crippen molar-refractivity contribution in [3.63, 3.8) is 0 Å². The van der Waals surface area contributed by atoms with Crippen molar-refractivity contribution in [2.75, 3.05) is 0 Å². The summed E-state index contributed by atoms with van der Waals surface area (Å²) in [6.45, 7) is 0. The number of hydrogen-bond donors (Lipinski definition) is 1. The smallest absolute Gasteiger partial charge is 0.132 e. The minimum atomic E-state index is -0.431. The topological polar surface area (TPSA) is 45.5 Å². The molecule has 0 aliphatic heterocycles. The van der Waals surface area contributed by atoms with Crippen molar-refractivity contribution in [1.82, 2.24) is 4.98 Å². The van der Waals surface area contributed by atoms with Gasteiger partial charge in [-0.15, -0.1) is 11.3 Å². The number of aromatic nitrogens is 1. The van der Waals surface area contributed by atoms with Crippen LogP contribution in [-0.2, 0) is 0 Å². The first-order chi connectivity index (χ1) is 13.2. The molecule has 5 heteroatoms. The van der Waals surface area contributed by atoms with Gasteiger partial charge in [-0.05, 0) is 29.3 Å². The van der Waals surface area contributed by atoms with E-state index in [1.165, 1.54) is 6.07 Å². The Kier molecular flexibility index (Phi) is 4.77. The van der Waals surface area contributed by atoms with Crippen LogP contribution in [-0.4, -0.2) is 16.4 Å². The summed E-state index contributed by atoms with van der Waals surface area (Å²) in [6, 6.07) is 22.8. The predicted molar refractivity (Wildman–Crippen MR) is 108 cm³/mol.